The Balaban J connectivity index is 2.35. The van der Waals surface area contributed by atoms with Crippen LogP contribution in [0.2, 0.25) is 0 Å². The summed E-state index contributed by atoms with van der Waals surface area (Å²) in [4.78, 5) is 0. The first-order chi connectivity index (χ1) is 4.72. The molecule has 1 aliphatic rings. The van der Waals surface area contributed by atoms with Crippen LogP contribution in [0.25, 0.3) is 0 Å². The van der Waals surface area contributed by atoms with Crippen LogP contribution >= 0.6 is 0 Å². The minimum atomic E-state index is 0.568. The molecule has 2 atom stereocenters. The van der Waals surface area contributed by atoms with Crippen molar-refractivity contribution in [2.45, 2.75) is 39.2 Å². The van der Waals surface area contributed by atoms with Crippen molar-refractivity contribution >= 4 is 0 Å². The van der Waals surface area contributed by atoms with Gasteiger partial charge in [-0.1, -0.05) is 13.8 Å². The molecule has 0 spiro atoms. The lowest BCUT2D eigenvalue weighted by molar-refractivity contribution is 0.240. The molecular formula is C8H18N2. The van der Waals surface area contributed by atoms with Gasteiger partial charge in [-0.25, -0.2) is 0 Å². The minimum Gasteiger partial charge on any atom is -0.271 e. The van der Waals surface area contributed by atoms with Crippen LogP contribution in [-0.4, -0.2) is 6.04 Å². The molecule has 0 unspecified atom stereocenters. The van der Waals surface area contributed by atoms with E-state index in [0.29, 0.717) is 6.04 Å². The Morgan fingerprint density at radius 2 is 1.60 bits per heavy atom. The molecule has 0 aromatic rings. The number of hydrazine groups is 1. The Morgan fingerprint density at radius 1 is 1.10 bits per heavy atom. The van der Waals surface area contributed by atoms with Crippen LogP contribution in [0.4, 0.5) is 0 Å². The molecule has 1 aliphatic carbocycles. The molecule has 1 fully saturated rings. The predicted octanol–water partition coefficient (Wildman–Crippen LogP) is 1.27. The minimum absolute atomic E-state index is 0.568. The number of rotatable bonds is 1. The van der Waals surface area contributed by atoms with Crippen molar-refractivity contribution in [1.82, 2.24) is 5.43 Å². The SMILES string of the molecule is C[C@@H]1CC(NN)C[C@@H](C)C1. The van der Waals surface area contributed by atoms with Gasteiger partial charge < -0.3 is 0 Å². The molecule has 3 N–H and O–H groups in total. The lowest BCUT2D eigenvalue weighted by Gasteiger charge is -2.30. The molecular weight excluding hydrogens is 124 g/mol. The molecule has 60 valence electrons. The first-order valence-corrected chi connectivity index (χ1v) is 4.18. The summed E-state index contributed by atoms with van der Waals surface area (Å²) in [7, 11) is 0. The fourth-order valence-corrected chi connectivity index (χ4v) is 2.08. The smallest absolute Gasteiger partial charge is 0.0215 e. The van der Waals surface area contributed by atoms with Gasteiger partial charge >= 0.3 is 0 Å². The van der Waals surface area contributed by atoms with E-state index in [2.05, 4.69) is 19.3 Å². The molecule has 0 amide bonds. The van der Waals surface area contributed by atoms with E-state index in [1.54, 1.807) is 0 Å². The maximum atomic E-state index is 5.38. The molecule has 0 bridgehead atoms. The zero-order valence-corrected chi connectivity index (χ0v) is 6.93. The highest BCUT2D eigenvalue weighted by Crippen LogP contribution is 2.27. The fraction of sp³-hybridized carbons (Fsp3) is 1.00. The quantitative estimate of drug-likeness (QED) is 0.427. The van der Waals surface area contributed by atoms with E-state index in [1.165, 1.54) is 19.3 Å². The molecule has 10 heavy (non-hydrogen) atoms. The van der Waals surface area contributed by atoms with Crippen LogP contribution in [0.3, 0.4) is 0 Å². The van der Waals surface area contributed by atoms with Crippen LogP contribution in [-0.2, 0) is 0 Å². The van der Waals surface area contributed by atoms with Crippen molar-refractivity contribution in [2.24, 2.45) is 17.7 Å². The van der Waals surface area contributed by atoms with Crippen LogP contribution in [0.5, 0.6) is 0 Å². The summed E-state index contributed by atoms with van der Waals surface area (Å²) in [6.45, 7) is 4.61. The second-order valence-corrected chi connectivity index (χ2v) is 3.78. The van der Waals surface area contributed by atoms with Crippen molar-refractivity contribution in [1.29, 1.82) is 0 Å². The molecule has 0 aliphatic heterocycles. The van der Waals surface area contributed by atoms with Crippen molar-refractivity contribution < 1.29 is 0 Å². The number of nitrogens with one attached hydrogen (secondary N) is 1. The summed E-state index contributed by atoms with van der Waals surface area (Å²) in [5.41, 5.74) is 2.86. The summed E-state index contributed by atoms with van der Waals surface area (Å²) < 4.78 is 0. The molecule has 2 nitrogen and oxygen atoms in total. The van der Waals surface area contributed by atoms with Crippen LogP contribution in [0, 0.1) is 11.8 Å². The van der Waals surface area contributed by atoms with Gasteiger partial charge in [-0.3, -0.25) is 11.3 Å². The highest BCUT2D eigenvalue weighted by Gasteiger charge is 2.22. The topological polar surface area (TPSA) is 38.0 Å². The Morgan fingerprint density at radius 3 is 2.00 bits per heavy atom. The number of nitrogens with two attached hydrogens (primary N) is 1. The molecule has 0 heterocycles. The van der Waals surface area contributed by atoms with Gasteiger partial charge in [-0.2, -0.15) is 0 Å². The number of hydrogen-bond donors (Lipinski definition) is 2. The second-order valence-electron chi connectivity index (χ2n) is 3.78. The van der Waals surface area contributed by atoms with Crippen LogP contribution in [0.1, 0.15) is 33.1 Å². The molecule has 0 radical (unpaired) electrons. The maximum absolute atomic E-state index is 5.38. The Kier molecular flexibility index (Phi) is 2.69. The molecule has 2 heteroatoms. The summed E-state index contributed by atoms with van der Waals surface area (Å²) >= 11 is 0. The van der Waals surface area contributed by atoms with E-state index in [4.69, 9.17) is 5.84 Å². The summed E-state index contributed by atoms with van der Waals surface area (Å²) in [6, 6.07) is 0.568. The van der Waals surface area contributed by atoms with Gasteiger partial charge in [-0.05, 0) is 31.1 Å². The Bertz CT molecular complexity index is 93.4. The van der Waals surface area contributed by atoms with Gasteiger partial charge in [0.25, 0.3) is 0 Å². The second kappa shape index (κ2) is 3.35. The Hall–Kier alpha value is -0.0800. The van der Waals surface area contributed by atoms with Gasteiger partial charge in [0, 0.05) is 6.04 Å². The van der Waals surface area contributed by atoms with Gasteiger partial charge in [0.2, 0.25) is 0 Å². The molecule has 1 rings (SSSR count). The van der Waals surface area contributed by atoms with Crippen molar-refractivity contribution in [2.75, 3.05) is 0 Å². The van der Waals surface area contributed by atoms with Crippen LogP contribution < -0.4 is 11.3 Å². The third kappa shape index (κ3) is 1.96. The zero-order chi connectivity index (χ0) is 7.56. The zero-order valence-electron chi connectivity index (χ0n) is 6.93. The lowest BCUT2D eigenvalue weighted by atomic mass is 9.81. The maximum Gasteiger partial charge on any atom is 0.0215 e. The molecule has 0 aromatic heterocycles. The summed E-state index contributed by atoms with van der Waals surface area (Å²) in [5, 5.41) is 0. The van der Waals surface area contributed by atoms with E-state index in [9.17, 15) is 0 Å². The summed E-state index contributed by atoms with van der Waals surface area (Å²) in [6.07, 6.45) is 3.87. The molecule has 0 saturated heterocycles. The third-order valence-electron chi connectivity index (χ3n) is 2.41. The fourth-order valence-electron chi connectivity index (χ4n) is 2.08. The van der Waals surface area contributed by atoms with Crippen molar-refractivity contribution in [3.05, 3.63) is 0 Å². The predicted molar refractivity (Wildman–Crippen MR) is 43.3 cm³/mol. The van der Waals surface area contributed by atoms with E-state index in [0.717, 1.165) is 11.8 Å². The van der Waals surface area contributed by atoms with Gasteiger partial charge in [0.15, 0.2) is 0 Å². The molecule has 1 saturated carbocycles. The largest absolute Gasteiger partial charge is 0.271 e. The normalized spacial score (nSPS) is 41.7. The standard InChI is InChI=1S/C8H18N2/c1-6-3-7(2)5-8(4-6)10-9/h6-8,10H,3-5,9H2,1-2H3/t6-,7-/m0/s1. The van der Waals surface area contributed by atoms with E-state index in [1.807, 2.05) is 0 Å². The van der Waals surface area contributed by atoms with E-state index >= 15 is 0 Å². The first-order valence-electron chi connectivity index (χ1n) is 4.18. The highest BCUT2D eigenvalue weighted by atomic mass is 15.2. The van der Waals surface area contributed by atoms with Crippen molar-refractivity contribution in [3.8, 4) is 0 Å². The first kappa shape index (κ1) is 8.02. The van der Waals surface area contributed by atoms with Gasteiger partial charge in [-0.15, -0.1) is 0 Å². The average molecular weight is 142 g/mol. The summed E-state index contributed by atoms with van der Waals surface area (Å²) in [5.74, 6) is 7.08. The Labute approximate surface area is 63.1 Å². The third-order valence-corrected chi connectivity index (χ3v) is 2.41. The van der Waals surface area contributed by atoms with E-state index < -0.39 is 0 Å². The van der Waals surface area contributed by atoms with E-state index in [-0.39, 0.29) is 0 Å². The van der Waals surface area contributed by atoms with Gasteiger partial charge in [0.1, 0.15) is 0 Å². The van der Waals surface area contributed by atoms with Crippen molar-refractivity contribution in [3.63, 3.8) is 0 Å². The average Bonchev–Trinajstić information content (AvgIpc) is 1.85. The number of hydrogen-bond acceptors (Lipinski definition) is 2. The highest BCUT2D eigenvalue weighted by molar-refractivity contribution is 4.77. The molecule has 0 aromatic carbocycles. The monoisotopic (exact) mass is 142 g/mol. The van der Waals surface area contributed by atoms with Crippen LogP contribution in [0.15, 0.2) is 0 Å². The lowest BCUT2D eigenvalue weighted by Crippen LogP contribution is -2.40. The van der Waals surface area contributed by atoms with Gasteiger partial charge in [0.05, 0.1) is 0 Å².